The normalized spacial score (nSPS) is 18.8. The van der Waals surface area contributed by atoms with Crippen LogP contribution in [-0.2, 0) is 17.8 Å². The molecule has 1 saturated carbocycles. The Hall–Kier alpha value is -1.05. The van der Waals surface area contributed by atoms with E-state index in [0.717, 1.165) is 35.1 Å². The molecule has 0 amide bonds. The quantitative estimate of drug-likeness (QED) is 0.899. The van der Waals surface area contributed by atoms with E-state index in [4.69, 9.17) is 10.5 Å². The first-order chi connectivity index (χ1) is 8.70. The number of methoxy groups -OCH3 is 1. The molecule has 1 aliphatic carbocycles. The summed E-state index contributed by atoms with van der Waals surface area (Å²) in [6, 6.07) is 0. The molecular weight excluding hydrogens is 250 g/mol. The van der Waals surface area contributed by atoms with E-state index in [1.54, 1.807) is 23.0 Å². The summed E-state index contributed by atoms with van der Waals surface area (Å²) in [6.07, 6.45) is 5.49. The molecule has 2 heterocycles. The van der Waals surface area contributed by atoms with Gasteiger partial charge in [0.1, 0.15) is 11.6 Å². The van der Waals surface area contributed by atoms with E-state index < -0.39 is 0 Å². The van der Waals surface area contributed by atoms with Gasteiger partial charge in [0.05, 0.1) is 0 Å². The van der Waals surface area contributed by atoms with Gasteiger partial charge in [-0.1, -0.05) is 24.2 Å². The van der Waals surface area contributed by atoms with Crippen LogP contribution in [0.3, 0.4) is 0 Å². The van der Waals surface area contributed by atoms with Gasteiger partial charge in [-0.25, -0.2) is 0 Å². The number of rotatable bonds is 4. The number of hydrogen-bond donors (Lipinski definition) is 1. The SMILES string of the molecule is COCc1nnc2sc(CC3(N)CCCC3)nn12. The van der Waals surface area contributed by atoms with Crippen molar-refractivity contribution in [3.8, 4) is 0 Å². The van der Waals surface area contributed by atoms with Gasteiger partial charge in [0.25, 0.3) is 0 Å². The van der Waals surface area contributed by atoms with Crippen molar-refractivity contribution in [2.24, 2.45) is 5.73 Å². The number of nitrogens with two attached hydrogens (primary N) is 1. The van der Waals surface area contributed by atoms with Crippen LogP contribution < -0.4 is 5.73 Å². The molecule has 0 saturated heterocycles. The highest BCUT2D eigenvalue weighted by molar-refractivity contribution is 7.16. The molecule has 7 heteroatoms. The smallest absolute Gasteiger partial charge is 0.234 e. The van der Waals surface area contributed by atoms with Gasteiger partial charge in [0.2, 0.25) is 4.96 Å². The summed E-state index contributed by atoms with van der Waals surface area (Å²) in [7, 11) is 1.64. The van der Waals surface area contributed by atoms with Crippen molar-refractivity contribution in [2.75, 3.05) is 7.11 Å². The minimum absolute atomic E-state index is 0.0648. The van der Waals surface area contributed by atoms with Crippen LogP contribution in [0.4, 0.5) is 0 Å². The average molecular weight is 267 g/mol. The van der Waals surface area contributed by atoms with Crippen LogP contribution in [0.15, 0.2) is 0 Å². The Morgan fingerprint density at radius 1 is 1.39 bits per heavy atom. The van der Waals surface area contributed by atoms with Crippen LogP contribution in [0.25, 0.3) is 4.96 Å². The van der Waals surface area contributed by atoms with Crippen molar-refractivity contribution in [3.63, 3.8) is 0 Å². The third-order valence-corrected chi connectivity index (χ3v) is 4.37. The molecule has 18 heavy (non-hydrogen) atoms. The van der Waals surface area contributed by atoms with E-state index in [-0.39, 0.29) is 5.54 Å². The van der Waals surface area contributed by atoms with E-state index in [2.05, 4.69) is 15.3 Å². The Morgan fingerprint density at radius 3 is 2.89 bits per heavy atom. The predicted octanol–water partition coefficient (Wildman–Crippen LogP) is 1.15. The van der Waals surface area contributed by atoms with E-state index >= 15 is 0 Å². The van der Waals surface area contributed by atoms with Crippen LogP contribution in [0.1, 0.15) is 36.5 Å². The van der Waals surface area contributed by atoms with Crippen LogP contribution in [0.2, 0.25) is 0 Å². The summed E-state index contributed by atoms with van der Waals surface area (Å²) in [4.78, 5) is 0.818. The summed E-state index contributed by atoms with van der Waals surface area (Å²) in [5, 5.41) is 13.7. The molecule has 3 rings (SSSR count). The maximum atomic E-state index is 6.38. The van der Waals surface area contributed by atoms with Crippen LogP contribution in [-0.4, -0.2) is 32.5 Å². The minimum atomic E-state index is -0.0648. The molecule has 0 spiro atoms. The molecule has 0 bridgehead atoms. The van der Waals surface area contributed by atoms with Crippen LogP contribution in [0, 0.1) is 0 Å². The van der Waals surface area contributed by atoms with Gasteiger partial charge in [-0.15, -0.1) is 10.2 Å². The second kappa shape index (κ2) is 4.56. The summed E-state index contributed by atoms with van der Waals surface area (Å²) in [6.45, 7) is 0.429. The highest BCUT2D eigenvalue weighted by Gasteiger charge is 2.31. The zero-order valence-electron chi connectivity index (χ0n) is 10.4. The third kappa shape index (κ3) is 2.13. The topological polar surface area (TPSA) is 78.3 Å². The van der Waals surface area contributed by atoms with Crippen LogP contribution in [0.5, 0.6) is 0 Å². The van der Waals surface area contributed by atoms with Gasteiger partial charge < -0.3 is 10.5 Å². The second-order valence-corrected chi connectivity index (χ2v) is 6.03. The fourth-order valence-electron chi connectivity index (χ4n) is 2.54. The van der Waals surface area contributed by atoms with E-state index in [1.165, 1.54) is 12.8 Å². The average Bonchev–Trinajstić information content (AvgIpc) is 2.98. The van der Waals surface area contributed by atoms with Crippen molar-refractivity contribution in [2.45, 2.75) is 44.2 Å². The molecule has 0 aromatic carbocycles. The first-order valence-corrected chi connectivity index (χ1v) is 7.00. The number of aromatic nitrogens is 4. The molecule has 1 fully saturated rings. The number of fused-ring (bicyclic) bond motifs is 1. The van der Waals surface area contributed by atoms with Crippen molar-refractivity contribution in [1.29, 1.82) is 0 Å². The number of nitrogens with zero attached hydrogens (tertiary/aromatic N) is 4. The molecule has 1 aliphatic rings. The maximum absolute atomic E-state index is 6.38. The molecule has 0 unspecified atom stereocenters. The predicted molar refractivity (Wildman–Crippen MR) is 68.5 cm³/mol. The molecule has 0 radical (unpaired) electrons. The Bertz CT molecular complexity index is 543. The molecule has 2 aromatic heterocycles. The molecule has 2 N–H and O–H groups in total. The highest BCUT2D eigenvalue weighted by atomic mass is 32.1. The van der Waals surface area contributed by atoms with Gasteiger partial charge in [0.15, 0.2) is 5.82 Å². The second-order valence-electron chi connectivity index (χ2n) is 4.99. The van der Waals surface area contributed by atoms with E-state index in [9.17, 15) is 0 Å². The monoisotopic (exact) mass is 267 g/mol. The number of ether oxygens (including phenoxy) is 1. The Kier molecular flexibility index (Phi) is 3.04. The van der Waals surface area contributed by atoms with Gasteiger partial charge in [-0.2, -0.15) is 9.61 Å². The molecule has 98 valence electrons. The lowest BCUT2D eigenvalue weighted by Gasteiger charge is -2.21. The van der Waals surface area contributed by atoms with E-state index in [0.29, 0.717) is 6.61 Å². The molecule has 0 aliphatic heterocycles. The van der Waals surface area contributed by atoms with E-state index in [1.807, 2.05) is 0 Å². The first kappa shape index (κ1) is 12.0. The standard InChI is InChI=1S/C11H17N5OS/c1-17-7-8-13-14-10-16(8)15-9(18-10)6-11(12)4-2-3-5-11/h2-7,12H2,1H3. The first-order valence-electron chi connectivity index (χ1n) is 6.18. The third-order valence-electron chi connectivity index (χ3n) is 3.47. The van der Waals surface area contributed by atoms with Gasteiger partial charge in [0, 0.05) is 19.1 Å². The molecule has 0 atom stereocenters. The Labute approximate surface area is 109 Å². The van der Waals surface area contributed by atoms with Crippen LogP contribution >= 0.6 is 11.3 Å². The summed E-state index contributed by atoms with van der Waals surface area (Å²) in [5.74, 6) is 0.743. The van der Waals surface area contributed by atoms with Gasteiger partial charge >= 0.3 is 0 Å². The van der Waals surface area contributed by atoms with Crippen molar-refractivity contribution < 1.29 is 4.74 Å². The molecule has 2 aromatic rings. The molecule has 6 nitrogen and oxygen atoms in total. The Balaban J connectivity index is 1.84. The zero-order chi connectivity index (χ0) is 12.6. The highest BCUT2D eigenvalue weighted by Crippen LogP contribution is 2.31. The fourth-order valence-corrected chi connectivity index (χ4v) is 3.55. The lowest BCUT2D eigenvalue weighted by molar-refractivity contribution is 0.176. The van der Waals surface area contributed by atoms with Gasteiger partial charge in [-0.05, 0) is 12.8 Å². The van der Waals surface area contributed by atoms with Crippen molar-refractivity contribution in [3.05, 3.63) is 10.8 Å². The lowest BCUT2D eigenvalue weighted by Crippen LogP contribution is -2.38. The summed E-state index contributed by atoms with van der Waals surface area (Å²) >= 11 is 1.57. The minimum Gasteiger partial charge on any atom is -0.377 e. The Morgan fingerprint density at radius 2 is 2.17 bits per heavy atom. The summed E-state index contributed by atoms with van der Waals surface area (Å²) in [5.41, 5.74) is 6.31. The largest absolute Gasteiger partial charge is 0.377 e. The van der Waals surface area contributed by atoms with Crippen molar-refractivity contribution >= 4 is 16.3 Å². The maximum Gasteiger partial charge on any atom is 0.234 e. The fraction of sp³-hybridized carbons (Fsp3) is 0.727. The molecular formula is C11H17N5OS. The van der Waals surface area contributed by atoms with Gasteiger partial charge in [-0.3, -0.25) is 0 Å². The number of hydrogen-bond acceptors (Lipinski definition) is 6. The lowest BCUT2D eigenvalue weighted by atomic mass is 9.95. The van der Waals surface area contributed by atoms with Crippen molar-refractivity contribution in [1.82, 2.24) is 19.8 Å². The zero-order valence-corrected chi connectivity index (χ0v) is 11.2. The summed E-state index contributed by atoms with van der Waals surface area (Å²) < 4.78 is 6.84.